The van der Waals surface area contributed by atoms with E-state index < -0.39 is 0 Å². The summed E-state index contributed by atoms with van der Waals surface area (Å²) < 4.78 is 0. The number of nitrogen functional groups attached to an aromatic ring is 1. The Morgan fingerprint density at radius 1 is 1.36 bits per heavy atom. The summed E-state index contributed by atoms with van der Waals surface area (Å²) in [6.07, 6.45) is 4.56. The Kier molecular flexibility index (Phi) is 4.18. The van der Waals surface area contributed by atoms with Crippen LogP contribution in [-0.2, 0) is 4.79 Å². The molecule has 2 N–H and O–H groups in total. The fourth-order valence-corrected chi connectivity index (χ4v) is 3.10. The van der Waals surface area contributed by atoms with Gasteiger partial charge in [0.25, 0.3) is 0 Å². The van der Waals surface area contributed by atoms with Crippen LogP contribution < -0.4 is 10.6 Å². The van der Waals surface area contributed by atoms with Crippen molar-refractivity contribution in [2.75, 3.05) is 30.3 Å². The highest BCUT2D eigenvalue weighted by Gasteiger charge is 2.35. The summed E-state index contributed by atoms with van der Waals surface area (Å²) in [6.45, 7) is 6.80. The first-order valence-electron chi connectivity index (χ1n) is 8.16. The van der Waals surface area contributed by atoms with Gasteiger partial charge in [-0.1, -0.05) is 13.8 Å². The Labute approximate surface area is 131 Å². The Morgan fingerprint density at radius 2 is 2.14 bits per heavy atom. The van der Waals surface area contributed by atoms with Gasteiger partial charge in [0.2, 0.25) is 5.91 Å². The number of rotatable bonds is 4. The lowest BCUT2D eigenvalue weighted by Gasteiger charge is -2.35. The minimum Gasteiger partial charge on any atom is -0.384 e. The van der Waals surface area contributed by atoms with Crippen molar-refractivity contribution in [1.82, 2.24) is 14.9 Å². The van der Waals surface area contributed by atoms with Gasteiger partial charge in [0, 0.05) is 32.1 Å². The van der Waals surface area contributed by atoms with Crippen molar-refractivity contribution in [3.63, 3.8) is 0 Å². The molecular formula is C16H25N5O. The van der Waals surface area contributed by atoms with Crippen LogP contribution in [0.1, 0.15) is 33.1 Å². The second-order valence-electron chi connectivity index (χ2n) is 6.80. The van der Waals surface area contributed by atoms with E-state index in [-0.39, 0.29) is 11.9 Å². The molecule has 2 aliphatic rings. The molecule has 2 heterocycles. The predicted molar refractivity (Wildman–Crippen MR) is 86.3 cm³/mol. The van der Waals surface area contributed by atoms with Gasteiger partial charge in [0.1, 0.15) is 18.0 Å². The number of aromatic nitrogens is 2. The van der Waals surface area contributed by atoms with Gasteiger partial charge in [-0.05, 0) is 24.7 Å². The number of anilines is 2. The standard InChI is InChI=1S/C16H25N5O/c1-11(2)13-9-20(15-7-14(17)18-10-19-15)6-5-16(22)21(13)8-12-3-4-12/h7,10-13H,3-6,8-9H2,1-2H3,(H2,17,18,19)/t13-/m1/s1. The van der Waals surface area contributed by atoms with Crippen LogP contribution in [0.4, 0.5) is 11.6 Å². The number of nitrogens with zero attached hydrogens (tertiary/aromatic N) is 4. The maximum absolute atomic E-state index is 12.6. The van der Waals surface area contributed by atoms with E-state index in [1.807, 2.05) is 0 Å². The van der Waals surface area contributed by atoms with E-state index in [0.29, 0.717) is 30.6 Å². The maximum Gasteiger partial charge on any atom is 0.224 e. The van der Waals surface area contributed by atoms with Gasteiger partial charge >= 0.3 is 0 Å². The molecule has 0 spiro atoms. The van der Waals surface area contributed by atoms with Crippen molar-refractivity contribution in [2.45, 2.75) is 39.2 Å². The fraction of sp³-hybridized carbons (Fsp3) is 0.688. The van der Waals surface area contributed by atoms with Crippen LogP contribution in [0.3, 0.4) is 0 Å². The van der Waals surface area contributed by atoms with E-state index in [4.69, 9.17) is 5.73 Å². The monoisotopic (exact) mass is 303 g/mol. The Bertz CT molecular complexity index is 543. The first-order valence-corrected chi connectivity index (χ1v) is 8.16. The quantitative estimate of drug-likeness (QED) is 0.913. The lowest BCUT2D eigenvalue weighted by atomic mass is 10.0. The van der Waals surface area contributed by atoms with Gasteiger partial charge in [-0.25, -0.2) is 9.97 Å². The fourth-order valence-electron chi connectivity index (χ4n) is 3.10. The molecular weight excluding hydrogens is 278 g/mol. The van der Waals surface area contributed by atoms with Crippen molar-refractivity contribution >= 4 is 17.5 Å². The van der Waals surface area contributed by atoms with Crippen molar-refractivity contribution < 1.29 is 4.79 Å². The minimum atomic E-state index is 0.229. The van der Waals surface area contributed by atoms with Crippen LogP contribution in [0.5, 0.6) is 0 Å². The molecule has 0 aromatic carbocycles. The Balaban J connectivity index is 1.82. The molecule has 1 aromatic heterocycles. The summed E-state index contributed by atoms with van der Waals surface area (Å²) in [5.41, 5.74) is 5.77. The van der Waals surface area contributed by atoms with E-state index in [1.54, 1.807) is 6.07 Å². The number of hydrogen-bond donors (Lipinski definition) is 1. The zero-order chi connectivity index (χ0) is 15.7. The average molecular weight is 303 g/mol. The van der Waals surface area contributed by atoms with Crippen molar-refractivity contribution in [3.05, 3.63) is 12.4 Å². The van der Waals surface area contributed by atoms with E-state index in [9.17, 15) is 4.79 Å². The van der Waals surface area contributed by atoms with Gasteiger partial charge in [-0.3, -0.25) is 4.79 Å². The molecule has 2 fully saturated rings. The van der Waals surface area contributed by atoms with Crippen LogP contribution >= 0.6 is 0 Å². The van der Waals surface area contributed by atoms with E-state index in [0.717, 1.165) is 18.9 Å². The third-order valence-electron chi connectivity index (χ3n) is 4.64. The van der Waals surface area contributed by atoms with Crippen LogP contribution in [0, 0.1) is 11.8 Å². The lowest BCUT2D eigenvalue weighted by Crippen LogP contribution is -2.47. The average Bonchev–Trinajstić information content (AvgIpc) is 3.29. The number of carbonyl (C=O) groups is 1. The molecule has 1 aromatic rings. The highest BCUT2D eigenvalue weighted by atomic mass is 16.2. The van der Waals surface area contributed by atoms with Gasteiger partial charge in [0.15, 0.2) is 0 Å². The second-order valence-corrected chi connectivity index (χ2v) is 6.80. The highest BCUT2D eigenvalue weighted by Crippen LogP contribution is 2.32. The Hall–Kier alpha value is -1.85. The van der Waals surface area contributed by atoms with E-state index in [1.165, 1.54) is 19.2 Å². The van der Waals surface area contributed by atoms with E-state index in [2.05, 4.69) is 33.6 Å². The molecule has 6 nitrogen and oxygen atoms in total. The zero-order valence-electron chi connectivity index (χ0n) is 13.4. The van der Waals surface area contributed by atoms with E-state index >= 15 is 0 Å². The van der Waals surface area contributed by atoms with Gasteiger partial charge < -0.3 is 15.5 Å². The second kappa shape index (κ2) is 6.10. The first kappa shape index (κ1) is 15.1. The molecule has 0 unspecified atom stereocenters. The molecule has 120 valence electrons. The zero-order valence-corrected chi connectivity index (χ0v) is 13.4. The third kappa shape index (κ3) is 3.31. The molecule has 1 saturated heterocycles. The molecule has 22 heavy (non-hydrogen) atoms. The highest BCUT2D eigenvalue weighted by molar-refractivity contribution is 5.78. The topological polar surface area (TPSA) is 75.3 Å². The molecule has 1 amide bonds. The predicted octanol–water partition coefficient (Wildman–Crippen LogP) is 1.53. The molecule has 0 bridgehead atoms. The smallest absolute Gasteiger partial charge is 0.224 e. The molecule has 0 radical (unpaired) electrons. The van der Waals surface area contributed by atoms with Crippen molar-refractivity contribution in [1.29, 1.82) is 0 Å². The maximum atomic E-state index is 12.6. The number of hydrogen-bond acceptors (Lipinski definition) is 5. The van der Waals surface area contributed by atoms with Gasteiger partial charge in [-0.2, -0.15) is 0 Å². The molecule has 3 rings (SSSR count). The molecule has 1 atom stereocenters. The number of nitrogens with two attached hydrogens (primary N) is 1. The van der Waals surface area contributed by atoms with Crippen LogP contribution in [-0.4, -0.2) is 46.5 Å². The Morgan fingerprint density at radius 3 is 2.77 bits per heavy atom. The molecule has 1 saturated carbocycles. The summed E-state index contributed by atoms with van der Waals surface area (Å²) in [4.78, 5) is 25.1. The summed E-state index contributed by atoms with van der Waals surface area (Å²) in [6, 6.07) is 2.02. The number of amides is 1. The van der Waals surface area contributed by atoms with Gasteiger partial charge in [0.05, 0.1) is 6.04 Å². The third-order valence-corrected chi connectivity index (χ3v) is 4.64. The molecule has 1 aliphatic heterocycles. The van der Waals surface area contributed by atoms with Crippen molar-refractivity contribution in [3.8, 4) is 0 Å². The van der Waals surface area contributed by atoms with Crippen LogP contribution in [0.2, 0.25) is 0 Å². The van der Waals surface area contributed by atoms with Crippen LogP contribution in [0.15, 0.2) is 12.4 Å². The SMILES string of the molecule is CC(C)[C@H]1CN(c2cc(N)ncn2)CCC(=O)N1CC1CC1. The van der Waals surface area contributed by atoms with Gasteiger partial charge in [-0.15, -0.1) is 0 Å². The summed E-state index contributed by atoms with van der Waals surface area (Å²) >= 11 is 0. The summed E-state index contributed by atoms with van der Waals surface area (Å²) in [5, 5.41) is 0. The normalized spacial score (nSPS) is 23.0. The summed E-state index contributed by atoms with van der Waals surface area (Å²) in [5.74, 6) is 2.69. The van der Waals surface area contributed by atoms with Crippen LogP contribution in [0.25, 0.3) is 0 Å². The minimum absolute atomic E-state index is 0.229. The molecule has 6 heteroatoms. The summed E-state index contributed by atoms with van der Waals surface area (Å²) in [7, 11) is 0. The van der Waals surface area contributed by atoms with Crippen molar-refractivity contribution in [2.24, 2.45) is 11.8 Å². The largest absolute Gasteiger partial charge is 0.384 e. The number of carbonyl (C=O) groups excluding carboxylic acids is 1. The molecule has 1 aliphatic carbocycles. The lowest BCUT2D eigenvalue weighted by molar-refractivity contribution is -0.133. The first-order chi connectivity index (χ1) is 10.5.